The number of benzene rings is 2. The molecular weight excluding hydrogens is 371 g/mol. The fraction of sp³-hybridized carbons (Fsp3) is 0. The van der Waals surface area contributed by atoms with Crippen LogP contribution in [0.1, 0.15) is 15.9 Å². The minimum absolute atomic E-state index is 0.189. The predicted octanol–water partition coefficient (Wildman–Crippen LogP) is 5.04. The van der Waals surface area contributed by atoms with E-state index in [2.05, 4.69) is 15.9 Å². The number of halogens is 6. The van der Waals surface area contributed by atoms with Gasteiger partial charge in [0.15, 0.2) is 29.1 Å². The maximum absolute atomic E-state index is 13.4. The molecule has 0 amide bonds. The Bertz CT molecular complexity index is 757. The SMILES string of the molecule is O=C(C=Cc1c(F)c(F)c(F)c(F)c1F)c1cccc(Br)c1. The maximum atomic E-state index is 13.4. The first-order valence-corrected chi connectivity index (χ1v) is 6.61. The molecule has 0 unspecified atom stereocenters. The molecule has 0 bridgehead atoms. The second-order valence-electron chi connectivity index (χ2n) is 4.19. The van der Waals surface area contributed by atoms with Crippen LogP contribution in [0.2, 0.25) is 0 Å². The molecule has 2 aromatic carbocycles. The average molecular weight is 377 g/mol. The third-order valence-corrected chi connectivity index (χ3v) is 3.25. The minimum Gasteiger partial charge on any atom is -0.289 e. The molecule has 2 rings (SSSR count). The molecule has 0 radical (unpaired) electrons. The van der Waals surface area contributed by atoms with Crippen LogP contribution in [-0.2, 0) is 0 Å². The molecule has 0 aliphatic carbocycles. The van der Waals surface area contributed by atoms with Crippen LogP contribution in [-0.4, -0.2) is 5.78 Å². The van der Waals surface area contributed by atoms with Crippen molar-refractivity contribution in [1.82, 2.24) is 0 Å². The fourth-order valence-electron chi connectivity index (χ4n) is 1.67. The van der Waals surface area contributed by atoms with Gasteiger partial charge in [-0.15, -0.1) is 0 Å². The van der Waals surface area contributed by atoms with Gasteiger partial charge in [0.2, 0.25) is 5.82 Å². The molecule has 2 aromatic rings. The topological polar surface area (TPSA) is 17.1 Å². The van der Waals surface area contributed by atoms with Crippen molar-refractivity contribution in [3.63, 3.8) is 0 Å². The number of hydrogen-bond acceptors (Lipinski definition) is 1. The fourth-order valence-corrected chi connectivity index (χ4v) is 2.06. The molecule has 0 spiro atoms. The predicted molar refractivity (Wildman–Crippen MR) is 73.7 cm³/mol. The first-order valence-electron chi connectivity index (χ1n) is 5.82. The van der Waals surface area contributed by atoms with E-state index >= 15 is 0 Å². The number of ketones is 1. The molecule has 0 heterocycles. The van der Waals surface area contributed by atoms with Crippen molar-refractivity contribution in [3.05, 3.63) is 75.0 Å². The average Bonchev–Trinajstić information content (AvgIpc) is 2.50. The smallest absolute Gasteiger partial charge is 0.200 e. The Morgan fingerprint density at radius 1 is 0.909 bits per heavy atom. The van der Waals surface area contributed by atoms with Crippen molar-refractivity contribution < 1.29 is 26.7 Å². The van der Waals surface area contributed by atoms with Crippen LogP contribution in [0.25, 0.3) is 6.08 Å². The molecule has 1 nitrogen and oxygen atoms in total. The standard InChI is InChI=1S/C15H6BrF5O/c16-8-3-1-2-7(6-8)10(22)5-4-9-11(17)13(19)15(21)14(20)12(9)18/h1-6H. The monoisotopic (exact) mass is 376 g/mol. The Morgan fingerprint density at radius 2 is 1.45 bits per heavy atom. The highest BCUT2D eigenvalue weighted by atomic mass is 79.9. The van der Waals surface area contributed by atoms with Gasteiger partial charge >= 0.3 is 0 Å². The second-order valence-corrected chi connectivity index (χ2v) is 5.11. The molecule has 0 saturated heterocycles. The number of hydrogen-bond donors (Lipinski definition) is 0. The van der Waals surface area contributed by atoms with Gasteiger partial charge in [0.05, 0.1) is 5.56 Å². The van der Waals surface area contributed by atoms with E-state index in [1.54, 1.807) is 12.1 Å². The van der Waals surface area contributed by atoms with Crippen LogP contribution in [0.15, 0.2) is 34.8 Å². The Balaban J connectivity index is 2.41. The van der Waals surface area contributed by atoms with Gasteiger partial charge in [-0.2, -0.15) is 0 Å². The van der Waals surface area contributed by atoms with Gasteiger partial charge in [-0.25, -0.2) is 22.0 Å². The van der Waals surface area contributed by atoms with Gasteiger partial charge in [0, 0.05) is 10.0 Å². The van der Waals surface area contributed by atoms with Crippen LogP contribution < -0.4 is 0 Å². The zero-order valence-electron chi connectivity index (χ0n) is 10.6. The molecule has 114 valence electrons. The third-order valence-electron chi connectivity index (χ3n) is 2.75. The number of carbonyl (C=O) groups is 1. The van der Waals surface area contributed by atoms with Crippen molar-refractivity contribution in [2.75, 3.05) is 0 Å². The largest absolute Gasteiger partial charge is 0.289 e. The molecule has 0 N–H and O–H groups in total. The Kier molecular flexibility index (Phi) is 4.75. The molecule has 0 aliphatic heterocycles. The van der Waals surface area contributed by atoms with Crippen LogP contribution in [0.5, 0.6) is 0 Å². The Labute approximate surface area is 130 Å². The van der Waals surface area contributed by atoms with Crippen molar-refractivity contribution >= 4 is 27.8 Å². The molecule has 0 aliphatic rings. The number of rotatable bonds is 3. The van der Waals surface area contributed by atoms with Crippen molar-refractivity contribution in [2.24, 2.45) is 0 Å². The summed E-state index contributed by atoms with van der Waals surface area (Å²) in [5.41, 5.74) is -0.978. The first kappa shape index (κ1) is 16.4. The van der Waals surface area contributed by atoms with Crippen molar-refractivity contribution in [3.8, 4) is 0 Å². The lowest BCUT2D eigenvalue weighted by Crippen LogP contribution is -2.04. The summed E-state index contributed by atoms with van der Waals surface area (Å²) < 4.78 is 66.4. The van der Waals surface area contributed by atoms with Crippen LogP contribution >= 0.6 is 15.9 Å². The molecule has 0 saturated carbocycles. The van der Waals surface area contributed by atoms with Gasteiger partial charge in [-0.1, -0.05) is 28.1 Å². The summed E-state index contributed by atoms with van der Waals surface area (Å²) in [6.45, 7) is 0. The summed E-state index contributed by atoms with van der Waals surface area (Å²) >= 11 is 3.14. The highest BCUT2D eigenvalue weighted by Gasteiger charge is 2.24. The number of carbonyl (C=O) groups excluding carboxylic acids is 1. The molecule has 0 aromatic heterocycles. The minimum atomic E-state index is -2.24. The van der Waals surface area contributed by atoms with Crippen molar-refractivity contribution in [1.29, 1.82) is 0 Å². The van der Waals surface area contributed by atoms with E-state index in [-0.39, 0.29) is 5.56 Å². The molecule has 7 heteroatoms. The van der Waals surface area contributed by atoms with Crippen LogP contribution in [0.4, 0.5) is 22.0 Å². The van der Waals surface area contributed by atoms with Gasteiger partial charge < -0.3 is 0 Å². The quantitative estimate of drug-likeness (QED) is 0.241. The molecule has 22 heavy (non-hydrogen) atoms. The molecular formula is C15H6BrF5O. The lowest BCUT2D eigenvalue weighted by atomic mass is 10.1. The Morgan fingerprint density at radius 3 is 2.00 bits per heavy atom. The highest BCUT2D eigenvalue weighted by molar-refractivity contribution is 9.10. The zero-order chi connectivity index (χ0) is 16.4. The normalized spacial score (nSPS) is 11.2. The van der Waals surface area contributed by atoms with E-state index in [9.17, 15) is 26.7 Å². The van der Waals surface area contributed by atoms with E-state index in [4.69, 9.17) is 0 Å². The van der Waals surface area contributed by atoms with Gasteiger partial charge in [-0.05, 0) is 24.3 Å². The van der Waals surface area contributed by atoms with E-state index < -0.39 is 40.4 Å². The summed E-state index contributed by atoms with van der Waals surface area (Å²) in [5.74, 6) is -11.0. The summed E-state index contributed by atoms with van der Waals surface area (Å²) in [6.07, 6.45) is 1.29. The van der Waals surface area contributed by atoms with Crippen LogP contribution in [0, 0.1) is 29.1 Å². The van der Waals surface area contributed by atoms with E-state index in [0.717, 1.165) is 6.08 Å². The lowest BCUT2D eigenvalue weighted by molar-refractivity contribution is 0.104. The summed E-state index contributed by atoms with van der Waals surface area (Å²) in [6, 6.07) is 6.11. The third kappa shape index (κ3) is 3.09. The molecule has 0 atom stereocenters. The maximum Gasteiger partial charge on any atom is 0.200 e. The Hall–Kier alpha value is -2.02. The second kappa shape index (κ2) is 6.39. The van der Waals surface area contributed by atoms with E-state index in [0.29, 0.717) is 10.5 Å². The van der Waals surface area contributed by atoms with Crippen molar-refractivity contribution in [2.45, 2.75) is 0 Å². The summed E-state index contributed by atoms with van der Waals surface area (Å²) in [4.78, 5) is 11.8. The highest BCUT2D eigenvalue weighted by Crippen LogP contribution is 2.24. The van der Waals surface area contributed by atoms with E-state index in [1.165, 1.54) is 12.1 Å². The van der Waals surface area contributed by atoms with Crippen LogP contribution in [0.3, 0.4) is 0 Å². The lowest BCUT2D eigenvalue weighted by Gasteiger charge is -2.04. The zero-order valence-corrected chi connectivity index (χ0v) is 12.2. The van der Waals surface area contributed by atoms with Gasteiger partial charge in [0.1, 0.15) is 0 Å². The van der Waals surface area contributed by atoms with Gasteiger partial charge in [0.25, 0.3) is 0 Å². The van der Waals surface area contributed by atoms with E-state index in [1.807, 2.05) is 0 Å². The molecule has 0 fully saturated rings. The summed E-state index contributed by atoms with van der Waals surface area (Å²) in [5, 5.41) is 0. The summed E-state index contributed by atoms with van der Waals surface area (Å²) in [7, 11) is 0. The van der Waals surface area contributed by atoms with Gasteiger partial charge in [-0.3, -0.25) is 4.79 Å². The first-order chi connectivity index (χ1) is 10.3. The number of allylic oxidation sites excluding steroid dienone is 1.